The first-order chi connectivity index (χ1) is 7.76. The third-order valence-electron chi connectivity index (χ3n) is 2.72. The van der Waals surface area contributed by atoms with Crippen LogP contribution in [-0.4, -0.2) is 36.4 Å². The van der Waals surface area contributed by atoms with E-state index in [0.29, 0.717) is 0 Å². The van der Waals surface area contributed by atoms with Crippen LogP contribution in [0.4, 0.5) is 0 Å². The average Bonchev–Trinajstić information content (AvgIpc) is 2.37. The van der Waals surface area contributed by atoms with E-state index in [0.717, 1.165) is 12.5 Å². The molecule has 0 radical (unpaired) electrons. The van der Waals surface area contributed by atoms with E-state index in [2.05, 4.69) is 24.3 Å². The fraction of sp³-hybridized carbons (Fsp3) is 0.500. The van der Waals surface area contributed by atoms with Gasteiger partial charge in [0.05, 0.1) is 0 Å². The quantitative estimate of drug-likeness (QED) is 0.532. The van der Waals surface area contributed by atoms with Gasteiger partial charge < -0.3 is 14.2 Å². The number of rotatable bonds is 7. The summed E-state index contributed by atoms with van der Waals surface area (Å²) in [5.74, 6) is 0. The first-order valence-electron chi connectivity index (χ1n) is 5.45. The van der Waals surface area contributed by atoms with Gasteiger partial charge >= 0.3 is 0 Å². The molecule has 0 unspecified atom stereocenters. The highest BCUT2D eigenvalue weighted by molar-refractivity contribution is 6.38. The molecule has 3 nitrogen and oxygen atoms in total. The minimum atomic E-state index is -0.755. The van der Waals surface area contributed by atoms with Crippen molar-refractivity contribution in [1.29, 1.82) is 0 Å². The summed E-state index contributed by atoms with van der Waals surface area (Å²) in [5, 5.41) is 0. The van der Waals surface area contributed by atoms with E-state index in [-0.39, 0.29) is 0 Å². The number of hydrogen-bond acceptors (Lipinski definition) is 3. The predicted octanol–water partition coefficient (Wildman–Crippen LogP) is 1.37. The second-order valence-corrected chi connectivity index (χ2v) is 5.71. The molecule has 0 saturated heterocycles. The van der Waals surface area contributed by atoms with Crippen molar-refractivity contribution in [1.82, 2.24) is 0 Å². The van der Waals surface area contributed by atoms with Gasteiger partial charge in [0.1, 0.15) is 9.52 Å². The van der Waals surface area contributed by atoms with Crippen LogP contribution in [0.3, 0.4) is 0 Å². The zero-order valence-corrected chi connectivity index (χ0v) is 11.6. The lowest BCUT2D eigenvalue weighted by Crippen LogP contribution is -2.42. The second-order valence-electron chi connectivity index (χ2n) is 3.63. The van der Waals surface area contributed by atoms with Gasteiger partial charge in [-0.3, -0.25) is 0 Å². The van der Waals surface area contributed by atoms with Crippen LogP contribution < -0.4 is 0 Å². The van der Waals surface area contributed by atoms with Gasteiger partial charge in [-0.25, -0.2) is 0 Å². The molecule has 1 aromatic rings. The SMILES string of the molecule is COC(OC)(OC)[SiH2]CCc1ccccc1. The van der Waals surface area contributed by atoms with Gasteiger partial charge in [0.15, 0.2) is 0 Å². The number of ether oxygens (including phenoxy) is 3. The van der Waals surface area contributed by atoms with Crippen molar-refractivity contribution in [2.75, 3.05) is 21.3 Å². The van der Waals surface area contributed by atoms with Crippen LogP contribution in [0.1, 0.15) is 5.56 Å². The molecule has 1 aromatic carbocycles. The average molecular weight is 240 g/mol. The zero-order chi connectivity index (χ0) is 11.9. The van der Waals surface area contributed by atoms with Crippen molar-refractivity contribution in [2.24, 2.45) is 0 Å². The predicted molar refractivity (Wildman–Crippen MR) is 67.3 cm³/mol. The fourth-order valence-electron chi connectivity index (χ4n) is 1.71. The Bertz CT molecular complexity index is 277. The number of hydrogen-bond donors (Lipinski definition) is 0. The molecule has 90 valence electrons. The third-order valence-corrected chi connectivity index (χ3v) is 4.91. The van der Waals surface area contributed by atoms with Gasteiger partial charge in [0.25, 0.3) is 0 Å². The zero-order valence-electron chi connectivity index (χ0n) is 10.2. The first kappa shape index (κ1) is 13.4. The molecular formula is C12H20O3Si. The Labute approximate surface area is 99.5 Å². The Morgan fingerprint density at radius 2 is 1.56 bits per heavy atom. The van der Waals surface area contributed by atoms with Crippen molar-refractivity contribution in [3.63, 3.8) is 0 Å². The molecule has 0 N–H and O–H groups in total. The molecule has 0 aliphatic heterocycles. The molecule has 0 amide bonds. The normalized spacial score (nSPS) is 12.4. The maximum absolute atomic E-state index is 5.29. The molecule has 0 aliphatic carbocycles. The maximum Gasteiger partial charge on any atom is 0.248 e. The first-order valence-corrected chi connectivity index (χ1v) is 7.16. The van der Waals surface area contributed by atoms with Gasteiger partial charge in [-0.1, -0.05) is 36.4 Å². The van der Waals surface area contributed by atoms with Crippen molar-refractivity contribution >= 4 is 9.52 Å². The molecule has 0 saturated carbocycles. The second kappa shape index (κ2) is 6.80. The van der Waals surface area contributed by atoms with Crippen LogP contribution in [-0.2, 0) is 20.6 Å². The summed E-state index contributed by atoms with van der Waals surface area (Å²) in [4.78, 5) is 0. The van der Waals surface area contributed by atoms with E-state index in [1.807, 2.05) is 6.07 Å². The maximum atomic E-state index is 5.29. The summed E-state index contributed by atoms with van der Waals surface area (Å²) in [6.45, 7) is 0. The lowest BCUT2D eigenvalue weighted by molar-refractivity contribution is -0.294. The molecule has 1 rings (SSSR count). The van der Waals surface area contributed by atoms with Gasteiger partial charge in [-0.2, -0.15) is 0 Å². The van der Waals surface area contributed by atoms with Crippen LogP contribution in [0.5, 0.6) is 0 Å². The van der Waals surface area contributed by atoms with E-state index in [1.165, 1.54) is 5.56 Å². The summed E-state index contributed by atoms with van der Waals surface area (Å²) in [6, 6.07) is 11.5. The minimum Gasteiger partial charge on any atom is -0.335 e. The molecule has 0 aromatic heterocycles. The van der Waals surface area contributed by atoms with E-state index >= 15 is 0 Å². The highest BCUT2D eigenvalue weighted by atomic mass is 28.2. The number of aryl methyl sites for hydroxylation is 1. The van der Waals surface area contributed by atoms with Crippen LogP contribution >= 0.6 is 0 Å². The standard InChI is InChI=1S/C12H20O3Si/c1-13-12(14-2,15-3)16-10-9-11-7-5-4-6-8-11/h4-8H,9-10,16H2,1-3H3. The van der Waals surface area contributed by atoms with Gasteiger partial charge in [-0.15, -0.1) is 0 Å². The smallest absolute Gasteiger partial charge is 0.248 e. The molecule has 0 aliphatic rings. The Kier molecular flexibility index (Phi) is 5.69. The number of methoxy groups -OCH3 is 3. The lowest BCUT2D eigenvalue weighted by atomic mass is 10.2. The van der Waals surface area contributed by atoms with Crippen LogP contribution in [0.15, 0.2) is 30.3 Å². The van der Waals surface area contributed by atoms with Gasteiger partial charge in [-0.05, 0) is 12.0 Å². The van der Waals surface area contributed by atoms with Crippen molar-refractivity contribution in [3.05, 3.63) is 35.9 Å². The van der Waals surface area contributed by atoms with E-state index in [9.17, 15) is 0 Å². The van der Waals surface area contributed by atoms with E-state index < -0.39 is 15.1 Å². The van der Waals surface area contributed by atoms with Crippen LogP contribution in [0, 0.1) is 0 Å². The van der Waals surface area contributed by atoms with Crippen LogP contribution in [0.25, 0.3) is 0 Å². The summed E-state index contributed by atoms with van der Waals surface area (Å²) < 4.78 is 15.9. The van der Waals surface area contributed by atoms with Gasteiger partial charge in [0.2, 0.25) is 5.60 Å². The molecule has 16 heavy (non-hydrogen) atoms. The van der Waals surface area contributed by atoms with E-state index in [1.54, 1.807) is 21.3 Å². The molecular weight excluding hydrogens is 220 g/mol. The summed E-state index contributed by atoms with van der Waals surface area (Å²) in [6.07, 6.45) is 1.06. The highest BCUT2D eigenvalue weighted by Crippen LogP contribution is 2.13. The van der Waals surface area contributed by atoms with Crippen molar-refractivity contribution in [2.45, 2.75) is 18.1 Å². The molecule has 0 spiro atoms. The Balaban J connectivity index is 2.39. The third kappa shape index (κ3) is 3.72. The largest absolute Gasteiger partial charge is 0.335 e. The minimum absolute atomic E-state index is 0.592. The van der Waals surface area contributed by atoms with Crippen molar-refractivity contribution < 1.29 is 14.2 Å². The molecule has 0 atom stereocenters. The highest BCUT2D eigenvalue weighted by Gasteiger charge is 2.28. The Morgan fingerprint density at radius 3 is 2.06 bits per heavy atom. The number of benzene rings is 1. The summed E-state index contributed by atoms with van der Waals surface area (Å²) >= 11 is 0. The Hall–Kier alpha value is -0.683. The Morgan fingerprint density at radius 1 is 1.00 bits per heavy atom. The molecule has 0 bridgehead atoms. The monoisotopic (exact) mass is 240 g/mol. The lowest BCUT2D eigenvalue weighted by Gasteiger charge is -2.28. The van der Waals surface area contributed by atoms with Gasteiger partial charge in [0, 0.05) is 21.3 Å². The fourth-order valence-corrected chi connectivity index (χ4v) is 3.34. The molecule has 0 fully saturated rings. The van der Waals surface area contributed by atoms with E-state index in [4.69, 9.17) is 14.2 Å². The topological polar surface area (TPSA) is 27.7 Å². The van der Waals surface area contributed by atoms with Crippen molar-refractivity contribution in [3.8, 4) is 0 Å². The van der Waals surface area contributed by atoms with Crippen LogP contribution in [0.2, 0.25) is 6.04 Å². The summed E-state index contributed by atoms with van der Waals surface area (Å²) in [5.41, 5.74) is 0.599. The molecule has 0 heterocycles. The summed E-state index contributed by atoms with van der Waals surface area (Å²) in [7, 11) is 4.29. The molecule has 4 heteroatoms.